The number of ether oxygens (including phenoxy) is 3. The van der Waals surface area contributed by atoms with Crippen LogP contribution in [0.5, 0.6) is 5.75 Å². The van der Waals surface area contributed by atoms with E-state index in [-0.39, 0.29) is 24.3 Å². The van der Waals surface area contributed by atoms with Gasteiger partial charge in [0.15, 0.2) is 11.6 Å². The summed E-state index contributed by atoms with van der Waals surface area (Å²) in [6.45, 7) is 3.89. The predicted octanol–water partition coefficient (Wildman–Crippen LogP) is 2.70. The van der Waals surface area contributed by atoms with Gasteiger partial charge in [-0.3, -0.25) is 9.59 Å². The van der Waals surface area contributed by atoms with Crippen LogP contribution in [0.4, 0.5) is 0 Å². The third-order valence-corrected chi connectivity index (χ3v) is 4.09. The minimum Gasteiger partial charge on any atom is -0.491 e. The van der Waals surface area contributed by atoms with E-state index < -0.39 is 0 Å². The molecule has 1 N–H and O–H groups in total. The highest BCUT2D eigenvalue weighted by Crippen LogP contribution is 2.16. The minimum absolute atomic E-state index is 0.0415. The lowest BCUT2D eigenvalue weighted by Crippen LogP contribution is -2.21. The molecule has 0 fully saturated rings. The van der Waals surface area contributed by atoms with Crippen molar-refractivity contribution in [2.75, 3.05) is 40.0 Å². The van der Waals surface area contributed by atoms with E-state index in [0.29, 0.717) is 50.4 Å². The Morgan fingerprint density at radius 2 is 2.07 bits per heavy atom. The lowest BCUT2D eigenvalue weighted by Gasteiger charge is -2.15. The third-order valence-electron chi connectivity index (χ3n) is 4.09. The van der Waals surface area contributed by atoms with Gasteiger partial charge in [0.1, 0.15) is 26.8 Å². The van der Waals surface area contributed by atoms with E-state index in [4.69, 9.17) is 22.1 Å². The number of allylic oxidation sites excluding steroid dienone is 1. The molecule has 1 unspecified atom stereocenters. The van der Waals surface area contributed by atoms with Crippen molar-refractivity contribution in [1.29, 1.82) is 0 Å². The molecule has 0 aliphatic heterocycles. The molecule has 2 radical (unpaired) electrons. The third kappa shape index (κ3) is 12.3. The first-order chi connectivity index (χ1) is 14.1. The summed E-state index contributed by atoms with van der Waals surface area (Å²) >= 11 is 0. The maximum atomic E-state index is 12.2. The Morgan fingerprint density at radius 3 is 2.83 bits per heavy atom. The van der Waals surface area contributed by atoms with Crippen LogP contribution in [0, 0.1) is 0 Å². The van der Waals surface area contributed by atoms with Crippen LogP contribution < -0.4 is 10.1 Å². The van der Waals surface area contributed by atoms with Crippen molar-refractivity contribution in [2.45, 2.75) is 38.7 Å². The summed E-state index contributed by atoms with van der Waals surface area (Å²) in [5.41, 5.74) is 0.659. The Bertz CT molecular complexity index is 635. The molecule has 1 rings (SSSR count). The van der Waals surface area contributed by atoms with Gasteiger partial charge in [-0.1, -0.05) is 18.2 Å². The summed E-state index contributed by atoms with van der Waals surface area (Å²) in [5, 5.41) is 3.04. The molecule has 0 spiro atoms. The number of nitrogens with one attached hydrogen (secondary N) is 1. The first-order valence-electron chi connectivity index (χ1n) is 10.0. The largest absolute Gasteiger partial charge is 0.491 e. The Labute approximate surface area is 175 Å². The van der Waals surface area contributed by atoms with Crippen molar-refractivity contribution in [3.8, 4) is 5.75 Å². The zero-order valence-electron chi connectivity index (χ0n) is 17.5. The van der Waals surface area contributed by atoms with Crippen LogP contribution in [0.1, 0.15) is 43.0 Å². The van der Waals surface area contributed by atoms with E-state index in [1.165, 1.54) is 5.98 Å². The van der Waals surface area contributed by atoms with Gasteiger partial charge in [0, 0.05) is 18.4 Å². The van der Waals surface area contributed by atoms with Crippen LogP contribution in [-0.2, 0) is 14.3 Å². The van der Waals surface area contributed by atoms with Gasteiger partial charge in [0.25, 0.3) is 0 Å². The average Bonchev–Trinajstić information content (AvgIpc) is 2.72. The fourth-order valence-electron chi connectivity index (χ4n) is 2.50. The molecule has 7 heteroatoms. The lowest BCUT2D eigenvalue weighted by atomic mass is 10.1. The number of hydrogen-bond donors (Lipinski definition) is 1. The number of benzene rings is 1. The molecule has 1 aromatic rings. The molecule has 0 bridgehead atoms. The van der Waals surface area contributed by atoms with E-state index in [0.717, 1.165) is 13.0 Å². The molecule has 0 aromatic heterocycles. The molecule has 6 nitrogen and oxygen atoms in total. The number of hydrogen-bond acceptors (Lipinski definition) is 6. The first-order valence-corrected chi connectivity index (χ1v) is 10.0. The predicted molar refractivity (Wildman–Crippen MR) is 115 cm³/mol. The quantitative estimate of drug-likeness (QED) is 0.246. The average molecular weight is 401 g/mol. The zero-order valence-corrected chi connectivity index (χ0v) is 17.5. The number of rotatable bonds is 17. The molecular formula is C22H32BNO5. The molecule has 29 heavy (non-hydrogen) atoms. The van der Waals surface area contributed by atoms with Crippen LogP contribution >= 0.6 is 0 Å². The summed E-state index contributed by atoms with van der Waals surface area (Å²) in [6, 6.07) is 7.22. The second kappa shape index (κ2) is 15.9. The number of Topliss-reactive ketones (excluding diaryl/α,β-unsaturated/α-hetero) is 2. The SMILES string of the molecule is [B]/C=C/CCC(=O)COCCOC(C)COc1cccc(C(=O)CCCNC)c1. The summed E-state index contributed by atoms with van der Waals surface area (Å²) in [5.74, 6) is 2.24. The van der Waals surface area contributed by atoms with Crippen molar-refractivity contribution in [3.63, 3.8) is 0 Å². The van der Waals surface area contributed by atoms with E-state index in [1.807, 2.05) is 26.1 Å². The Balaban J connectivity index is 2.21. The molecule has 0 heterocycles. The monoisotopic (exact) mass is 401 g/mol. The molecular weight excluding hydrogens is 369 g/mol. The van der Waals surface area contributed by atoms with Crippen LogP contribution in [0.25, 0.3) is 0 Å². The maximum absolute atomic E-state index is 12.2. The molecule has 1 aromatic carbocycles. The summed E-state index contributed by atoms with van der Waals surface area (Å²) in [6.07, 6.45) is 3.99. The van der Waals surface area contributed by atoms with Crippen molar-refractivity contribution >= 4 is 19.4 Å². The number of carbonyl (C=O) groups excluding carboxylic acids is 2. The maximum Gasteiger partial charge on any atom is 0.163 e. The standard InChI is InChI=1S/C22H32BNO5/c1-18(28-14-13-27-17-20(25)8-3-4-11-23)16-29-21-9-5-7-19(15-21)22(26)10-6-12-24-2/h4-5,7,9,11,15,18,24H,3,6,8,10,12-14,16-17H2,1-2H3/b11-4+. The van der Waals surface area contributed by atoms with E-state index in [9.17, 15) is 9.59 Å². The summed E-state index contributed by atoms with van der Waals surface area (Å²) in [7, 11) is 7.09. The lowest BCUT2D eigenvalue weighted by molar-refractivity contribution is -0.124. The summed E-state index contributed by atoms with van der Waals surface area (Å²) < 4.78 is 16.7. The van der Waals surface area contributed by atoms with Gasteiger partial charge >= 0.3 is 0 Å². The second-order valence-electron chi connectivity index (χ2n) is 6.71. The van der Waals surface area contributed by atoms with E-state index in [1.54, 1.807) is 18.2 Å². The molecule has 0 aliphatic rings. The van der Waals surface area contributed by atoms with Crippen molar-refractivity contribution in [1.82, 2.24) is 5.32 Å². The van der Waals surface area contributed by atoms with Gasteiger partial charge < -0.3 is 19.5 Å². The fraction of sp³-hybridized carbons (Fsp3) is 0.545. The Hall–Kier alpha value is -1.96. The minimum atomic E-state index is -0.140. The Morgan fingerprint density at radius 1 is 1.24 bits per heavy atom. The molecule has 0 saturated carbocycles. The van der Waals surface area contributed by atoms with Gasteiger partial charge in [0.2, 0.25) is 0 Å². The number of carbonyl (C=O) groups is 2. The van der Waals surface area contributed by atoms with Crippen LogP contribution in [0.3, 0.4) is 0 Å². The first kappa shape index (κ1) is 25.1. The molecule has 158 valence electrons. The normalized spacial score (nSPS) is 12.2. The van der Waals surface area contributed by atoms with Gasteiger partial charge in [0.05, 0.1) is 19.3 Å². The number of ketones is 2. The molecule has 1 atom stereocenters. The Kier molecular flexibility index (Phi) is 13.8. The van der Waals surface area contributed by atoms with E-state index in [2.05, 4.69) is 5.32 Å². The molecule has 0 aliphatic carbocycles. The van der Waals surface area contributed by atoms with Crippen LogP contribution in [-0.4, -0.2) is 65.5 Å². The van der Waals surface area contributed by atoms with Crippen LogP contribution in [0.15, 0.2) is 36.3 Å². The van der Waals surface area contributed by atoms with Crippen molar-refractivity contribution < 1.29 is 23.8 Å². The molecule has 0 saturated heterocycles. The van der Waals surface area contributed by atoms with Gasteiger partial charge in [-0.2, -0.15) is 0 Å². The van der Waals surface area contributed by atoms with Crippen molar-refractivity contribution in [3.05, 3.63) is 41.9 Å². The fourth-order valence-corrected chi connectivity index (χ4v) is 2.50. The van der Waals surface area contributed by atoms with Crippen LogP contribution in [0.2, 0.25) is 0 Å². The second-order valence-corrected chi connectivity index (χ2v) is 6.71. The molecule has 0 amide bonds. The van der Waals surface area contributed by atoms with Gasteiger partial charge in [-0.25, -0.2) is 0 Å². The smallest absolute Gasteiger partial charge is 0.163 e. The van der Waals surface area contributed by atoms with E-state index >= 15 is 0 Å². The highest BCUT2D eigenvalue weighted by atomic mass is 16.6. The topological polar surface area (TPSA) is 73.9 Å². The van der Waals surface area contributed by atoms with Gasteiger partial charge in [-0.05, 0) is 45.5 Å². The highest BCUT2D eigenvalue weighted by molar-refractivity contribution is 6.16. The summed E-state index contributed by atoms with van der Waals surface area (Å²) in [4.78, 5) is 23.7. The van der Waals surface area contributed by atoms with Crippen molar-refractivity contribution in [2.24, 2.45) is 0 Å². The highest BCUT2D eigenvalue weighted by Gasteiger charge is 2.08. The van der Waals surface area contributed by atoms with Gasteiger partial charge in [-0.15, -0.1) is 5.98 Å². The zero-order chi connectivity index (χ0) is 21.3.